The molecule has 1 saturated heterocycles. The number of likely N-dealkylation sites (tertiary alicyclic amines) is 1. The van der Waals surface area contributed by atoms with Crippen LogP contribution in [0.2, 0.25) is 5.02 Å². The molecule has 0 aliphatic carbocycles. The number of nitrogens with one attached hydrogen (secondary N) is 1. The van der Waals surface area contributed by atoms with Gasteiger partial charge in [0, 0.05) is 12.1 Å². The van der Waals surface area contributed by atoms with Crippen molar-refractivity contribution in [3.63, 3.8) is 0 Å². The predicted molar refractivity (Wildman–Crippen MR) is 82.0 cm³/mol. The second-order valence-electron chi connectivity index (χ2n) is 5.43. The number of urea groups is 1. The van der Waals surface area contributed by atoms with Crippen LogP contribution in [0.25, 0.3) is 0 Å². The molecule has 2 N–H and O–H groups in total. The lowest BCUT2D eigenvalue weighted by atomic mass is 9.98. The summed E-state index contributed by atoms with van der Waals surface area (Å²) in [5.41, 5.74) is 0.148. The lowest BCUT2D eigenvalue weighted by Crippen LogP contribution is -2.49. The first kappa shape index (κ1) is 15.6. The number of carbonyl (C=O) groups is 2. The Bertz CT molecular complexity index is 552. The summed E-state index contributed by atoms with van der Waals surface area (Å²) in [6, 6.07) is 4.66. The van der Waals surface area contributed by atoms with Gasteiger partial charge in [0.1, 0.15) is 5.56 Å². The van der Waals surface area contributed by atoms with Crippen molar-refractivity contribution in [3.8, 4) is 0 Å². The fourth-order valence-electron chi connectivity index (χ4n) is 2.85. The van der Waals surface area contributed by atoms with Crippen molar-refractivity contribution < 1.29 is 14.7 Å². The van der Waals surface area contributed by atoms with Crippen molar-refractivity contribution in [1.29, 1.82) is 0 Å². The first-order valence-corrected chi connectivity index (χ1v) is 7.40. The third-order valence-electron chi connectivity index (χ3n) is 3.90. The molecule has 0 aromatic heterocycles. The van der Waals surface area contributed by atoms with Crippen LogP contribution >= 0.6 is 11.6 Å². The molecular weight excluding hydrogens is 292 g/mol. The van der Waals surface area contributed by atoms with E-state index in [0.29, 0.717) is 0 Å². The summed E-state index contributed by atoms with van der Waals surface area (Å²) in [5, 5.41) is 12.0. The number of piperidine rings is 1. The molecule has 5 nitrogen and oxygen atoms in total. The highest BCUT2D eigenvalue weighted by atomic mass is 35.5. The number of aromatic carboxylic acids is 1. The maximum absolute atomic E-state index is 12.5. The van der Waals surface area contributed by atoms with Crippen LogP contribution in [-0.4, -0.2) is 34.1 Å². The van der Waals surface area contributed by atoms with Gasteiger partial charge < -0.3 is 15.3 Å². The van der Waals surface area contributed by atoms with E-state index in [9.17, 15) is 14.7 Å². The number of rotatable bonds is 2. The minimum atomic E-state index is -1.16. The van der Waals surface area contributed by atoms with Crippen LogP contribution in [0.3, 0.4) is 0 Å². The van der Waals surface area contributed by atoms with E-state index in [1.807, 2.05) is 13.8 Å². The molecule has 1 aliphatic rings. The Balaban J connectivity index is 2.24. The lowest BCUT2D eigenvalue weighted by molar-refractivity contribution is 0.0698. The summed E-state index contributed by atoms with van der Waals surface area (Å²) in [5.74, 6) is -1.16. The van der Waals surface area contributed by atoms with Crippen molar-refractivity contribution in [1.82, 2.24) is 4.90 Å². The van der Waals surface area contributed by atoms with E-state index in [1.54, 1.807) is 17.0 Å². The van der Waals surface area contributed by atoms with E-state index in [-0.39, 0.29) is 34.4 Å². The van der Waals surface area contributed by atoms with E-state index in [2.05, 4.69) is 5.32 Å². The van der Waals surface area contributed by atoms with Crippen LogP contribution in [0, 0.1) is 0 Å². The smallest absolute Gasteiger partial charge is 0.339 e. The summed E-state index contributed by atoms with van der Waals surface area (Å²) >= 11 is 5.91. The quantitative estimate of drug-likeness (QED) is 0.872. The third kappa shape index (κ3) is 3.29. The van der Waals surface area contributed by atoms with Crippen LogP contribution in [0.1, 0.15) is 43.5 Å². The van der Waals surface area contributed by atoms with Gasteiger partial charge >= 0.3 is 12.0 Å². The average molecular weight is 311 g/mol. The van der Waals surface area contributed by atoms with Gasteiger partial charge in [0.05, 0.1) is 10.7 Å². The van der Waals surface area contributed by atoms with Gasteiger partial charge in [-0.2, -0.15) is 0 Å². The van der Waals surface area contributed by atoms with Crippen LogP contribution in [0.4, 0.5) is 10.5 Å². The number of hydrogen-bond donors (Lipinski definition) is 2. The van der Waals surface area contributed by atoms with E-state index >= 15 is 0 Å². The molecule has 2 unspecified atom stereocenters. The summed E-state index contributed by atoms with van der Waals surface area (Å²) in [6.07, 6.45) is 3.02. The maximum atomic E-state index is 12.5. The van der Waals surface area contributed by atoms with Gasteiger partial charge in [-0.3, -0.25) is 0 Å². The molecule has 6 heteroatoms. The highest BCUT2D eigenvalue weighted by Crippen LogP contribution is 2.27. The Kier molecular flexibility index (Phi) is 4.73. The Morgan fingerprint density at radius 1 is 1.29 bits per heavy atom. The summed E-state index contributed by atoms with van der Waals surface area (Å²) in [4.78, 5) is 25.5. The molecule has 1 aliphatic heterocycles. The summed E-state index contributed by atoms with van der Waals surface area (Å²) < 4.78 is 0. The minimum absolute atomic E-state index is 0.0789. The molecule has 2 amide bonds. The third-order valence-corrected chi connectivity index (χ3v) is 4.21. The van der Waals surface area contributed by atoms with Crippen LogP contribution in [0.5, 0.6) is 0 Å². The van der Waals surface area contributed by atoms with Gasteiger partial charge in [-0.15, -0.1) is 0 Å². The maximum Gasteiger partial charge on any atom is 0.339 e. The summed E-state index contributed by atoms with van der Waals surface area (Å²) in [6.45, 7) is 4.01. The minimum Gasteiger partial charge on any atom is -0.478 e. The van der Waals surface area contributed by atoms with Crippen molar-refractivity contribution in [3.05, 3.63) is 28.8 Å². The molecule has 2 atom stereocenters. The SMILES string of the molecule is CC1CCCC(C)N1C(=O)Nc1cccc(Cl)c1C(=O)O. The molecule has 1 aromatic rings. The lowest BCUT2D eigenvalue weighted by Gasteiger charge is -2.39. The second-order valence-corrected chi connectivity index (χ2v) is 5.84. The standard InChI is InChI=1S/C15H19ClN2O3/c1-9-5-3-6-10(2)18(9)15(21)17-12-8-4-7-11(16)13(12)14(19)20/h4,7-10H,3,5-6H2,1-2H3,(H,17,21)(H,19,20). The molecule has 21 heavy (non-hydrogen) atoms. The number of benzene rings is 1. The van der Waals surface area contributed by atoms with Gasteiger partial charge in [-0.1, -0.05) is 17.7 Å². The van der Waals surface area contributed by atoms with Gasteiger partial charge in [0.2, 0.25) is 0 Å². The molecule has 0 bridgehead atoms. The Labute approximate surface area is 128 Å². The zero-order chi connectivity index (χ0) is 15.6. The number of nitrogens with zero attached hydrogens (tertiary/aromatic N) is 1. The molecule has 1 heterocycles. The highest BCUT2D eigenvalue weighted by Gasteiger charge is 2.29. The van der Waals surface area contributed by atoms with Crippen molar-refractivity contribution >= 4 is 29.3 Å². The first-order valence-electron chi connectivity index (χ1n) is 7.03. The number of hydrogen-bond acceptors (Lipinski definition) is 2. The molecular formula is C15H19ClN2O3. The number of amides is 2. The van der Waals surface area contributed by atoms with Gasteiger partial charge in [-0.25, -0.2) is 9.59 Å². The second kappa shape index (κ2) is 6.35. The molecule has 1 aromatic carbocycles. The predicted octanol–water partition coefficient (Wildman–Crippen LogP) is 3.83. The van der Waals surface area contributed by atoms with Crippen molar-refractivity contribution in [2.45, 2.75) is 45.2 Å². The number of halogens is 1. The highest BCUT2D eigenvalue weighted by molar-refractivity contribution is 6.34. The summed E-state index contributed by atoms with van der Waals surface area (Å²) in [7, 11) is 0. The van der Waals surface area contributed by atoms with Crippen molar-refractivity contribution in [2.24, 2.45) is 0 Å². The first-order chi connectivity index (χ1) is 9.91. The van der Waals surface area contributed by atoms with Gasteiger partial charge in [0.25, 0.3) is 0 Å². The molecule has 0 spiro atoms. The number of anilines is 1. The fourth-order valence-corrected chi connectivity index (χ4v) is 3.10. The van der Waals surface area contributed by atoms with Crippen LogP contribution in [-0.2, 0) is 0 Å². The largest absolute Gasteiger partial charge is 0.478 e. The Hall–Kier alpha value is -1.75. The number of carboxylic acid groups (broad SMARTS) is 1. The molecule has 0 radical (unpaired) electrons. The van der Waals surface area contributed by atoms with Gasteiger partial charge in [0.15, 0.2) is 0 Å². The van der Waals surface area contributed by atoms with E-state index in [1.165, 1.54) is 6.07 Å². The van der Waals surface area contributed by atoms with Crippen molar-refractivity contribution in [2.75, 3.05) is 5.32 Å². The average Bonchev–Trinajstić information content (AvgIpc) is 2.37. The molecule has 2 rings (SSSR count). The number of carboxylic acids is 1. The normalized spacial score (nSPS) is 22.0. The fraction of sp³-hybridized carbons (Fsp3) is 0.467. The zero-order valence-corrected chi connectivity index (χ0v) is 12.9. The monoisotopic (exact) mass is 310 g/mol. The molecule has 114 valence electrons. The van der Waals surface area contributed by atoms with Crippen LogP contribution in [0.15, 0.2) is 18.2 Å². The Morgan fingerprint density at radius 3 is 2.48 bits per heavy atom. The van der Waals surface area contributed by atoms with E-state index in [0.717, 1.165) is 19.3 Å². The topological polar surface area (TPSA) is 69.6 Å². The van der Waals surface area contributed by atoms with Crippen LogP contribution < -0.4 is 5.32 Å². The molecule has 0 saturated carbocycles. The molecule has 1 fully saturated rings. The zero-order valence-electron chi connectivity index (χ0n) is 12.1. The van der Waals surface area contributed by atoms with E-state index < -0.39 is 5.97 Å². The number of carbonyl (C=O) groups excluding carboxylic acids is 1. The van der Waals surface area contributed by atoms with E-state index in [4.69, 9.17) is 11.6 Å². The Morgan fingerprint density at radius 2 is 1.90 bits per heavy atom. The van der Waals surface area contributed by atoms with Gasteiger partial charge in [-0.05, 0) is 45.2 Å².